The van der Waals surface area contributed by atoms with Gasteiger partial charge >= 0.3 is 0 Å². The van der Waals surface area contributed by atoms with Crippen molar-refractivity contribution in [2.24, 2.45) is 29.2 Å². The first kappa shape index (κ1) is 46.1. The lowest BCUT2D eigenvalue weighted by molar-refractivity contribution is -0.124. The van der Waals surface area contributed by atoms with E-state index in [0.29, 0.717) is 13.1 Å². The zero-order chi connectivity index (χ0) is 34.9. The van der Waals surface area contributed by atoms with Crippen LogP contribution in [0.4, 0.5) is 4.39 Å². The molecular formula is C38H66FN3O3. The number of rotatable bonds is 12. The molecule has 6 nitrogen and oxygen atoms in total. The van der Waals surface area contributed by atoms with Gasteiger partial charge in [0, 0.05) is 18.2 Å². The molecule has 0 spiro atoms. The van der Waals surface area contributed by atoms with Gasteiger partial charge in [-0.1, -0.05) is 128 Å². The van der Waals surface area contributed by atoms with E-state index in [9.17, 15) is 9.18 Å². The molecule has 45 heavy (non-hydrogen) atoms. The molecule has 2 aromatic carbocycles. The Morgan fingerprint density at radius 3 is 1.96 bits per heavy atom. The van der Waals surface area contributed by atoms with Crippen LogP contribution in [0, 0.1) is 24.7 Å². The fourth-order valence-corrected chi connectivity index (χ4v) is 3.67. The summed E-state index contributed by atoms with van der Waals surface area (Å²) in [4.78, 5) is 20.6. The fourth-order valence-electron chi connectivity index (χ4n) is 3.67. The number of hydrogen-bond donors (Lipinski definition) is 3. The van der Waals surface area contributed by atoms with E-state index in [-0.39, 0.29) is 18.2 Å². The predicted molar refractivity (Wildman–Crippen MR) is 192 cm³/mol. The minimum absolute atomic E-state index is 0.157. The average molecular weight is 632 g/mol. The second-order valence-electron chi connectivity index (χ2n) is 11.3. The summed E-state index contributed by atoms with van der Waals surface area (Å²) < 4.78 is 15.4. The lowest BCUT2D eigenvalue weighted by Gasteiger charge is -2.14. The molecular weight excluding hydrogens is 565 g/mol. The summed E-state index contributed by atoms with van der Waals surface area (Å²) in [5.41, 5.74) is 13.2. The molecule has 5 N–H and O–H groups in total. The highest BCUT2D eigenvalue weighted by Crippen LogP contribution is 2.35. The number of carbonyl (C=O) groups is 2. The van der Waals surface area contributed by atoms with E-state index in [0.717, 1.165) is 62.6 Å². The highest BCUT2D eigenvalue weighted by Gasteiger charge is 2.26. The first-order valence-electron chi connectivity index (χ1n) is 16.6. The van der Waals surface area contributed by atoms with E-state index in [1.54, 1.807) is 0 Å². The predicted octanol–water partition coefficient (Wildman–Crippen LogP) is 8.95. The van der Waals surface area contributed by atoms with Crippen LogP contribution in [0.5, 0.6) is 5.75 Å². The Morgan fingerprint density at radius 1 is 1.00 bits per heavy atom. The molecule has 1 aliphatic rings. The van der Waals surface area contributed by atoms with Gasteiger partial charge in [-0.05, 0) is 62.5 Å². The quantitative estimate of drug-likeness (QED) is 0.161. The summed E-state index contributed by atoms with van der Waals surface area (Å²) in [5, 5.41) is 3.08. The minimum Gasteiger partial charge on any atom is -0.493 e. The smallest absolute Gasteiger partial charge is 0.222 e. The summed E-state index contributed by atoms with van der Waals surface area (Å²) in [6, 6.07) is 18.5. The highest BCUT2D eigenvalue weighted by molar-refractivity contribution is 5.78. The zero-order valence-corrected chi connectivity index (χ0v) is 29.9. The highest BCUT2D eigenvalue weighted by atomic mass is 19.1. The number of para-hydroxylation sites is 1. The van der Waals surface area contributed by atoms with Crippen molar-refractivity contribution < 1.29 is 18.7 Å². The van der Waals surface area contributed by atoms with Gasteiger partial charge in [0.05, 0.1) is 13.8 Å². The Labute approximate surface area is 275 Å². The molecule has 2 aromatic rings. The van der Waals surface area contributed by atoms with Crippen LogP contribution >= 0.6 is 0 Å². The molecule has 0 aliphatic heterocycles. The van der Waals surface area contributed by atoms with Crippen molar-refractivity contribution >= 4 is 12.3 Å². The van der Waals surface area contributed by atoms with Crippen LogP contribution in [0.3, 0.4) is 0 Å². The van der Waals surface area contributed by atoms with E-state index in [1.165, 1.54) is 30.4 Å². The first-order valence-corrected chi connectivity index (χ1v) is 16.6. The molecule has 1 saturated carbocycles. The second kappa shape index (κ2) is 33.5. The maximum atomic E-state index is 12.0. The summed E-state index contributed by atoms with van der Waals surface area (Å²) >= 11 is 0. The summed E-state index contributed by atoms with van der Waals surface area (Å²) in [6.07, 6.45) is 11.1. The van der Waals surface area contributed by atoms with Gasteiger partial charge in [0.1, 0.15) is 5.75 Å². The van der Waals surface area contributed by atoms with Crippen molar-refractivity contribution in [2.45, 2.75) is 107 Å². The monoisotopic (exact) mass is 632 g/mol. The number of nitrogens with two attached hydrogens (primary N) is 2. The number of primary amides is 1. The third kappa shape index (κ3) is 31.9. The Bertz CT molecular complexity index is 964. The molecule has 0 bridgehead atoms. The van der Waals surface area contributed by atoms with Crippen molar-refractivity contribution in [3.63, 3.8) is 0 Å². The van der Waals surface area contributed by atoms with Crippen molar-refractivity contribution in [3.05, 3.63) is 77.5 Å². The van der Waals surface area contributed by atoms with Gasteiger partial charge in [0.15, 0.2) is 0 Å². The molecule has 2 amide bonds. The molecule has 0 aromatic heterocycles. The van der Waals surface area contributed by atoms with Crippen molar-refractivity contribution in [3.8, 4) is 5.75 Å². The maximum absolute atomic E-state index is 12.0. The van der Waals surface area contributed by atoms with Crippen LogP contribution < -0.4 is 21.5 Å². The van der Waals surface area contributed by atoms with E-state index in [2.05, 4.69) is 77.7 Å². The number of benzene rings is 2. The van der Waals surface area contributed by atoms with E-state index >= 15 is 0 Å². The molecule has 3 rings (SSSR count). The van der Waals surface area contributed by atoms with Crippen LogP contribution in [0.1, 0.15) is 105 Å². The van der Waals surface area contributed by atoms with E-state index < -0.39 is 0 Å². The summed E-state index contributed by atoms with van der Waals surface area (Å²) in [6.45, 7) is 18.3. The molecule has 1 aliphatic carbocycles. The lowest BCUT2D eigenvalue weighted by Crippen LogP contribution is -2.30. The Balaban J connectivity index is -0.000000652. The third-order valence-electron chi connectivity index (χ3n) is 6.11. The molecule has 7 heteroatoms. The topological polar surface area (TPSA) is 107 Å². The van der Waals surface area contributed by atoms with Gasteiger partial charge in [-0.2, -0.15) is 0 Å². The standard InChI is InChI=1S/C20H31NO2.C7H8.C6H13N.C3H8.CH3F.CH3NO/c1-15(2)14-23-19-9-5-4-7-18(19)8-6-12-21-20(22)16(3)13-17-10-11-17;1-7-5-3-2-4-6-7;1-3-5-6(7)4-2;1-3-2;1-2;2-1-3/h4-5,7,9,15-17H,6,8,10-14H2,1-3H3,(H,21,22);2-6H,1H3;5H,3-4,7H2,1-2H3;3H2,1-2H3;1H3;1H,(H2,2,3)/b;;6-5-;;;. The number of aryl methyl sites for hydroxylation is 2. The van der Waals surface area contributed by atoms with Crippen LogP contribution in [0.2, 0.25) is 0 Å². The molecule has 0 radical (unpaired) electrons. The van der Waals surface area contributed by atoms with Gasteiger partial charge in [-0.3, -0.25) is 14.0 Å². The van der Waals surface area contributed by atoms with Gasteiger partial charge in [0.25, 0.3) is 0 Å². The Hall–Kier alpha value is -3.35. The number of nitrogens with one attached hydrogen (secondary N) is 1. The SMILES string of the molecule is CC(C)COc1ccccc1CCCNC(=O)C(C)CC1CC1.CC/C=C(\N)CC.CCC.CF.Cc1ccccc1.NC=O. The number of hydrogen-bond acceptors (Lipinski definition) is 4. The molecule has 1 atom stereocenters. The lowest BCUT2D eigenvalue weighted by atomic mass is 10.0. The third-order valence-corrected chi connectivity index (χ3v) is 6.11. The maximum Gasteiger partial charge on any atom is 0.222 e. The van der Waals surface area contributed by atoms with Gasteiger partial charge in [-0.15, -0.1) is 0 Å². The normalized spacial score (nSPS) is 11.9. The van der Waals surface area contributed by atoms with Crippen molar-refractivity contribution in [1.82, 2.24) is 5.32 Å². The average Bonchev–Trinajstić information content (AvgIpc) is 3.85. The molecule has 0 saturated heterocycles. The number of halogens is 1. The summed E-state index contributed by atoms with van der Waals surface area (Å²) in [7, 11) is 0.500. The number of alkyl halides is 1. The first-order chi connectivity index (χ1) is 21.6. The Morgan fingerprint density at radius 2 is 1.53 bits per heavy atom. The van der Waals surface area contributed by atoms with E-state index in [4.69, 9.17) is 15.3 Å². The molecule has 1 unspecified atom stereocenters. The number of amides is 2. The summed E-state index contributed by atoms with van der Waals surface area (Å²) in [5.74, 6) is 2.68. The number of carbonyl (C=O) groups excluding carboxylic acids is 2. The largest absolute Gasteiger partial charge is 0.493 e. The number of ether oxygens (including phenoxy) is 1. The zero-order valence-electron chi connectivity index (χ0n) is 29.9. The van der Waals surface area contributed by atoms with Crippen LogP contribution in [0.25, 0.3) is 0 Å². The van der Waals surface area contributed by atoms with E-state index in [1.807, 2.05) is 49.4 Å². The van der Waals surface area contributed by atoms with Crippen molar-refractivity contribution in [1.29, 1.82) is 0 Å². The van der Waals surface area contributed by atoms with Crippen LogP contribution in [-0.4, -0.2) is 32.6 Å². The Kier molecular flexibility index (Phi) is 34.3. The van der Waals surface area contributed by atoms with Crippen LogP contribution in [-0.2, 0) is 16.0 Å². The second-order valence-corrected chi connectivity index (χ2v) is 11.3. The number of allylic oxidation sites excluding steroid dienone is 2. The fraction of sp³-hybridized carbons (Fsp3) is 0.579. The molecule has 258 valence electrons. The van der Waals surface area contributed by atoms with Crippen molar-refractivity contribution in [2.75, 3.05) is 20.3 Å². The van der Waals surface area contributed by atoms with Gasteiger partial charge in [0.2, 0.25) is 12.3 Å². The van der Waals surface area contributed by atoms with Crippen LogP contribution in [0.15, 0.2) is 66.4 Å². The van der Waals surface area contributed by atoms with Gasteiger partial charge in [-0.25, -0.2) is 0 Å². The molecule has 1 fully saturated rings. The molecule has 0 heterocycles. The van der Waals surface area contributed by atoms with Gasteiger partial charge < -0.3 is 21.5 Å². The minimum atomic E-state index is 0.157.